The maximum absolute atomic E-state index is 13.1. The van der Waals surface area contributed by atoms with Crippen LogP contribution >= 0.6 is 27.3 Å². The van der Waals surface area contributed by atoms with Crippen LogP contribution in [-0.2, 0) is 9.59 Å². The van der Waals surface area contributed by atoms with Crippen LogP contribution in [0, 0.1) is 0 Å². The van der Waals surface area contributed by atoms with Crippen LogP contribution in [0.5, 0.6) is 5.75 Å². The topological polar surface area (TPSA) is 66.8 Å². The van der Waals surface area contributed by atoms with E-state index in [1.165, 1.54) is 16.2 Å². The lowest BCUT2D eigenvalue weighted by molar-refractivity contribution is -0.132. The number of ketones is 1. The normalized spacial score (nSPS) is 18.1. The lowest BCUT2D eigenvalue weighted by atomic mass is 9.99. The van der Waals surface area contributed by atoms with E-state index in [0.717, 1.165) is 9.35 Å². The van der Waals surface area contributed by atoms with Crippen LogP contribution in [0.2, 0.25) is 0 Å². The monoisotopic (exact) mass is 497 g/mol. The summed E-state index contributed by atoms with van der Waals surface area (Å²) in [5, 5.41) is 13.1. The number of Topliss-reactive ketones (excluding diaryl/α,β-unsaturated/α-hetero) is 1. The Hall–Kier alpha value is -2.90. The predicted octanol–water partition coefficient (Wildman–Crippen LogP) is 5.92. The van der Waals surface area contributed by atoms with Crippen molar-refractivity contribution in [2.45, 2.75) is 26.0 Å². The highest BCUT2D eigenvalue weighted by Crippen LogP contribution is 2.44. The van der Waals surface area contributed by atoms with Crippen LogP contribution in [-0.4, -0.2) is 22.9 Å². The standard InChI is InChI=1S/C24H20BrNO4S/c1-14(2)30-18-9-3-6-15(12-18)22(27)20-21(19-10-5-11-31-19)26(24(29)23(20)28)17-8-4-7-16(25)13-17/h3-14,21,27H,1-2H3/b22-20-. The number of ether oxygens (including phenoxy) is 1. The maximum atomic E-state index is 13.1. The van der Waals surface area contributed by atoms with Gasteiger partial charge in [0, 0.05) is 20.6 Å². The molecule has 1 aliphatic rings. The van der Waals surface area contributed by atoms with Gasteiger partial charge in [0.2, 0.25) is 0 Å². The van der Waals surface area contributed by atoms with Crippen molar-refractivity contribution in [3.8, 4) is 5.75 Å². The van der Waals surface area contributed by atoms with Crippen molar-refractivity contribution in [1.29, 1.82) is 0 Å². The van der Waals surface area contributed by atoms with Crippen LogP contribution in [0.3, 0.4) is 0 Å². The maximum Gasteiger partial charge on any atom is 0.300 e. The van der Waals surface area contributed by atoms with Gasteiger partial charge in [-0.15, -0.1) is 11.3 Å². The minimum absolute atomic E-state index is 0.0365. The molecule has 158 valence electrons. The average molecular weight is 498 g/mol. The first-order valence-electron chi connectivity index (χ1n) is 9.74. The molecule has 0 aliphatic carbocycles. The second-order valence-electron chi connectivity index (χ2n) is 7.36. The first-order valence-corrected chi connectivity index (χ1v) is 11.4. The number of hydrogen-bond donors (Lipinski definition) is 1. The second kappa shape index (κ2) is 8.69. The van der Waals surface area contributed by atoms with E-state index in [0.29, 0.717) is 17.0 Å². The molecule has 1 aromatic heterocycles. The van der Waals surface area contributed by atoms with E-state index in [-0.39, 0.29) is 17.4 Å². The average Bonchev–Trinajstić information content (AvgIpc) is 3.34. The molecule has 1 amide bonds. The Morgan fingerprint density at radius 2 is 1.87 bits per heavy atom. The molecule has 1 N–H and O–H groups in total. The van der Waals surface area contributed by atoms with Crippen LogP contribution < -0.4 is 9.64 Å². The molecule has 7 heteroatoms. The summed E-state index contributed by atoms with van der Waals surface area (Å²) in [4.78, 5) is 28.4. The summed E-state index contributed by atoms with van der Waals surface area (Å²) in [5.41, 5.74) is 1.06. The number of hydrogen-bond acceptors (Lipinski definition) is 5. The van der Waals surface area contributed by atoms with Crippen molar-refractivity contribution in [3.05, 3.63) is 86.5 Å². The van der Waals surface area contributed by atoms with E-state index < -0.39 is 17.7 Å². The van der Waals surface area contributed by atoms with Gasteiger partial charge in [0.15, 0.2) is 0 Å². The summed E-state index contributed by atoms with van der Waals surface area (Å²) in [6, 6.07) is 17.1. The first kappa shape index (κ1) is 21.3. The zero-order valence-electron chi connectivity index (χ0n) is 16.9. The van der Waals surface area contributed by atoms with Gasteiger partial charge in [0.1, 0.15) is 17.6 Å². The number of nitrogens with zero attached hydrogens (tertiary/aromatic N) is 1. The Morgan fingerprint density at radius 1 is 1.10 bits per heavy atom. The molecular weight excluding hydrogens is 478 g/mol. The fourth-order valence-corrected chi connectivity index (χ4v) is 4.80. The molecule has 2 aromatic carbocycles. The molecule has 1 aliphatic heterocycles. The summed E-state index contributed by atoms with van der Waals surface area (Å²) in [6.45, 7) is 3.82. The number of benzene rings is 2. The minimum Gasteiger partial charge on any atom is -0.507 e. The van der Waals surface area contributed by atoms with E-state index >= 15 is 0 Å². The number of anilines is 1. The van der Waals surface area contributed by atoms with Gasteiger partial charge in [-0.1, -0.05) is 40.2 Å². The highest BCUT2D eigenvalue weighted by Gasteiger charge is 2.47. The number of aliphatic hydroxyl groups is 1. The molecule has 0 bridgehead atoms. The van der Waals surface area contributed by atoms with Crippen molar-refractivity contribution in [2.75, 3.05) is 4.90 Å². The molecule has 2 heterocycles. The smallest absolute Gasteiger partial charge is 0.300 e. The molecule has 1 saturated heterocycles. The van der Waals surface area contributed by atoms with Gasteiger partial charge in [-0.05, 0) is 55.6 Å². The van der Waals surface area contributed by atoms with Crippen molar-refractivity contribution >= 4 is 50.4 Å². The van der Waals surface area contributed by atoms with Crippen LogP contribution in [0.4, 0.5) is 5.69 Å². The van der Waals surface area contributed by atoms with Crippen molar-refractivity contribution in [3.63, 3.8) is 0 Å². The van der Waals surface area contributed by atoms with Gasteiger partial charge in [-0.3, -0.25) is 14.5 Å². The number of aliphatic hydroxyl groups excluding tert-OH is 1. The number of halogens is 1. The SMILES string of the molecule is CC(C)Oc1cccc(/C(O)=C2/C(=O)C(=O)N(c3cccc(Br)c3)C2c2cccs2)c1. The molecule has 3 aromatic rings. The summed E-state index contributed by atoms with van der Waals surface area (Å²) in [6.07, 6.45) is -0.0365. The Labute approximate surface area is 192 Å². The van der Waals surface area contributed by atoms with Gasteiger partial charge in [0.05, 0.1) is 11.7 Å². The summed E-state index contributed by atoms with van der Waals surface area (Å²) >= 11 is 4.85. The molecule has 0 saturated carbocycles. The van der Waals surface area contributed by atoms with Crippen LogP contribution in [0.1, 0.15) is 30.3 Å². The number of thiophene rings is 1. The quantitative estimate of drug-likeness (QED) is 0.269. The molecule has 31 heavy (non-hydrogen) atoms. The summed E-state index contributed by atoms with van der Waals surface area (Å²) in [7, 11) is 0. The molecule has 0 spiro atoms. The minimum atomic E-state index is -0.719. The fraction of sp³-hybridized carbons (Fsp3) is 0.167. The largest absolute Gasteiger partial charge is 0.507 e. The highest BCUT2D eigenvalue weighted by molar-refractivity contribution is 9.10. The predicted molar refractivity (Wildman–Crippen MR) is 125 cm³/mol. The zero-order valence-corrected chi connectivity index (χ0v) is 19.3. The Kier molecular flexibility index (Phi) is 5.98. The Balaban J connectivity index is 1.88. The molecular formula is C24H20BrNO4S. The summed E-state index contributed by atoms with van der Waals surface area (Å²) in [5.74, 6) is -1.03. The number of carbonyl (C=O) groups is 2. The van der Waals surface area contributed by atoms with Gasteiger partial charge < -0.3 is 9.84 Å². The van der Waals surface area contributed by atoms with Gasteiger partial charge in [-0.2, -0.15) is 0 Å². The fourth-order valence-electron chi connectivity index (χ4n) is 3.59. The zero-order chi connectivity index (χ0) is 22.1. The van der Waals surface area contributed by atoms with E-state index in [1.54, 1.807) is 42.5 Å². The Morgan fingerprint density at radius 3 is 2.55 bits per heavy atom. The molecule has 5 nitrogen and oxygen atoms in total. The van der Waals surface area contributed by atoms with Crippen molar-refractivity contribution < 1.29 is 19.4 Å². The lowest BCUT2D eigenvalue weighted by Crippen LogP contribution is -2.29. The highest BCUT2D eigenvalue weighted by atomic mass is 79.9. The second-order valence-corrected chi connectivity index (χ2v) is 9.25. The van der Waals surface area contributed by atoms with Crippen molar-refractivity contribution in [1.82, 2.24) is 0 Å². The molecule has 1 fully saturated rings. The lowest BCUT2D eigenvalue weighted by Gasteiger charge is -2.24. The molecule has 1 atom stereocenters. The van der Waals surface area contributed by atoms with Crippen LogP contribution in [0.15, 0.2) is 76.1 Å². The van der Waals surface area contributed by atoms with Gasteiger partial charge >= 0.3 is 0 Å². The first-order chi connectivity index (χ1) is 14.9. The van der Waals surface area contributed by atoms with Crippen molar-refractivity contribution in [2.24, 2.45) is 0 Å². The van der Waals surface area contributed by atoms with E-state index in [9.17, 15) is 14.7 Å². The summed E-state index contributed by atoms with van der Waals surface area (Å²) < 4.78 is 6.51. The third-order valence-corrected chi connectivity index (χ3v) is 6.24. The third-order valence-electron chi connectivity index (χ3n) is 4.82. The van der Waals surface area contributed by atoms with E-state index in [1.807, 2.05) is 37.4 Å². The van der Waals surface area contributed by atoms with E-state index in [4.69, 9.17) is 4.74 Å². The number of carbonyl (C=O) groups excluding carboxylic acids is 2. The Bertz CT molecular complexity index is 1170. The van der Waals surface area contributed by atoms with Gasteiger partial charge in [-0.25, -0.2) is 0 Å². The molecule has 0 radical (unpaired) electrons. The third kappa shape index (κ3) is 4.16. The number of rotatable bonds is 5. The number of amides is 1. The molecule has 1 unspecified atom stereocenters. The van der Waals surface area contributed by atoms with Gasteiger partial charge in [0.25, 0.3) is 11.7 Å². The van der Waals surface area contributed by atoms with Crippen LogP contribution in [0.25, 0.3) is 5.76 Å². The van der Waals surface area contributed by atoms with E-state index in [2.05, 4.69) is 15.9 Å². The molecule has 4 rings (SSSR count).